The monoisotopic (exact) mass is 1150 g/mol. The minimum Gasteiger partial charge on any atom is -0.745 e. The maximum Gasteiger partial charge on any atom is 0.433 e. The molecule has 0 amide bonds. The lowest BCUT2D eigenvalue weighted by Gasteiger charge is -2.17. The van der Waals surface area contributed by atoms with Crippen LogP contribution >= 0.6 is 0 Å². The fourth-order valence-electron chi connectivity index (χ4n) is 4.32. The first kappa shape index (κ1) is 56.2. The predicted octanol–water partition coefficient (Wildman–Crippen LogP) is 4.44. The fraction of sp³-hybridized carbons (Fsp3) is 0.286. The molecule has 19 heteroatoms. The minimum atomic E-state index is -5.90. The molecule has 2 unspecified atom stereocenters. The lowest BCUT2D eigenvalue weighted by Crippen LogP contribution is -3.34. The largest absolute Gasteiger partial charge is 0.745 e. The molecule has 0 saturated carbocycles. The molecule has 0 aliphatic rings. The lowest BCUT2D eigenvalue weighted by atomic mass is 9.87. The van der Waals surface area contributed by atoms with Crippen molar-refractivity contribution in [2.24, 2.45) is 0 Å². The molecule has 2 atom stereocenters. The van der Waals surface area contributed by atoms with E-state index >= 15 is 0 Å². The number of rotatable bonds is 5. The second-order valence-corrected chi connectivity index (χ2v) is 22.0. The summed E-state index contributed by atoms with van der Waals surface area (Å²) < 4.78 is 147. The van der Waals surface area contributed by atoms with Gasteiger partial charge in [-0.3, -0.25) is 0 Å². The molecule has 5 aromatic carbocycles. The Morgan fingerprint density at radius 3 is 0.803 bits per heavy atom. The quantitative estimate of drug-likeness (QED) is 0.112. The van der Waals surface area contributed by atoms with Crippen molar-refractivity contribution in [1.82, 2.24) is 0 Å². The maximum absolute atomic E-state index is 11.4. The SMILES string of the molecule is CC(C)(C)c1ccc([IH+])cc1.CC(C)(C)c1ccc([IH+])cc1.O=S(=O)([O-])C(F)C(F)(F)F.O=S(=O)([O-])C(F)C(F)(F)F.c1ccc([S+](c2ccccc2)c2ccccc2)cc1. The molecule has 6 nitrogen and oxygen atoms in total. The number of halogens is 10. The summed E-state index contributed by atoms with van der Waals surface area (Å²) in [5, 5.41) is 0. The summed E-state index contributed by atoms with van der Waals surface area (Å²) in [5.41, 5.74) is -5.25. The summed E-state index contributed by atoms with van der Waals surface area (Å²) in [6, 6.07) is 49.7. The van der Waals surface area contributed by atoms with Crippen LogP contribution in [0, 0.1) is 7.14 Å². The lowest BCUT2D eigenvalue weighted by molar-refractivity contribution is -0.328. The van der Waals surface area contributed by atoms with Crippen molar-refractivity contribution in [2.75, 3.05) is 0 Å². The summed E-state index contributed by atoms with van der Waals surface area (Å²) in [5.74, 6) is 0. The van der Waals surface area contributed by atoms with Crippen molar-refractivity contribution < 1.29 is 106 Å². The van der Waals surface area contributed by atoms with Gasteiger partial charge in [0.15, 0.2) is 21.8 Å². The van der Waals surface area contributed by atoms with Crippen molar-refractivity contribution in [1.29, 1.82) is 0 Å². The van der Waals surface area contributed by atoms with Crippen molar-refractivity contribution in [3.63, 3.8) is 0 Å². The zero-order valence-corrected chi connectivity index (χ0v) is 40.6. The molecule has 336 valence electrons. The zero-order valence-electron chi connectivity index (χ0n) is 33.4. The van der Waals surface area contributed by atoms with Crippen LogP contribution in [0.2, 0.25) is 0 Å². The van der Waals surface area contributed by atoms with Gasteiger partial charge >= 0.3 is 12.4 Å². The third-order valence-electron chi connectivity index (χ3n) is 7.40. The van der Waals surface area contributed by atoms with Gasteiger partial charge in [-0.2, -0.15) is 26.3 Å². The van der Waals surface area contributed by atoms with Gasteiger partial charge in [0.25, 0.3) is 56.2 Å². The first-order valence-electron chi connectivity index (χ1n) is 17.5. The average Bonchev–Trinajstić information content (AvgIpc) is 3.15. The van der Waals surface area contributed by atoms with Crippen molar-refractivity contribution in [3.05, 3.63) is 158 Å². The van der Waals surface area contributed by atoms with E-state index in [1.54, 1.807) is 0 Å². The molecule has 0 fully saturated rings. The molecule has 0 radical (unpaired) electrons. The maximum atomic E-state index is 11.4. The predicted molar refractivity (Wildman–Crippen MR) is 213 cm³/mol. The standard InChI is InChI=1S/C18H15S.2C10H14I.2C2H2F4O3S/c1-4-10-16(11-5-1)19(17-12-6-2-7-13-17)18-14-8-3-9-15-18;2*1-10(2,3)8-4-6-9(11)7-5-8;2*3-1(2(4,5)6)10(7,8)9/h1-15H;2*4-7,11H,1-3H3;2*1H,(H,7,8,9)/q3*+1;;/p-2. The van der Waals surface area contributed by atoms with E-state index in [0.717, 1.165) is 0 Å². The van der Waals surface area contributed by atoms with Gasteiger partial charge in [-0.25, -0.2) is 25.6 Å². The van der Waals surface area contributed by atoms with Gasteiger partial charge in [0.05, 0.1) is 10.9 Å². The normalized spacial score (nSPS) is 13.0. The van der Waals surface area contributed by atoms with Gasteiger partial charge in [-0.15, -0.1) is 0 Å². The Balaban J connectivity index is 0.000000394. The van der Waals surface area contributed by atoms with Crippen LogP contribution in [-0.4, -0.2) is 49.3 Å². The highest BCUT2D eigenvalue weighted by Gasteiger charge is 2.45. The molecule has 5 aromatic rings. The topological polar surface area (TPSA) is 114 Å². The van der Waals surface area contributed by atoms with Crippen molar-refractivity contribution in [2.45, 2.75) is 90.4 Å². The van der Waals surface area contributed by atoms with Gasteiger partial charge in [0.2, 0.25) is 0 Å². The van der Waals surface area contributed by atoms with Crippen LogP contribution < -0.4 is 45.2 Å². The van der Waals surface area contributed by atoms with E-state index in [9.17, 15) is 61.1 Å². The van der Waals surface area contributed by atoms with Gasteiger partial charge in [-0.05, 0) is 82.6 Å². The van der Waals surface area contributed by atoms with Crippen LogP contribution in [-0.2, 0) is 42.0 Å². The first-order valence-corrected chi connectivity index (χ1v) is 24.0. The number of hydrogen-bond donors (Lipinski definition) is 0. The first-order chi connectivity index (χ1) is 27.8. The third-order valence-corrected chi connectivity index (χ3v) is 12.7. The van der Waals surface area contributed by atoms with Crippen LogP contribution in [0.25, 0.3) is 0 Å². The van der Waals surface area contributed by atoms with E-state index < -0.39 is 43.6 Å². The number of alkyl halides is 8. The summed E-state index contributed by atoms with van der Waals surface area (Å²) in [6.45, 7) is 13.4. The Hall–Kier alpha value is -2.83. The molecule has 0 heterocycles. The Bertz CT molecular complexity index is 2040. The molecular weight excluding hydrogens is 1100 g/mol. The summed E-state index contributed by atoms with van der Waals surface area (Å²) in [7, 11) is -11.8. The Morgan fingerprint density at radius 1 is 0.443 bits per heavy atom. The van der Waals surface area contributed by atoms with Gasteiger partial charge in [0.1, 0.15) is 20.2 Å². The molecule has 61 heavy (non-hydrogen) atoms. The molecule has 0 bridgehead atoms. The Kier molecular flexibility index (Phi) is 22.4. The van der Waals surface area contributed by atoms with Crippen molar-refractivity contribution >= 4 is 31.1 Å². The van der Waals surface area contributed by atoms with Crippen LogP contribution in [0.4, 0.5) is 35.1 Å². The number of hydrogen-bond acceptors (Lipinski definition) is 6. The summed E-state index contributed by atoms with van der Waals surface area (Å²) >= 11 is 4.10. The average molecular weight is 1150 g/mol. The fourth-order valence-corrected chi connectivity index (χ4v) is 7.85. The Morgan fingerprint density at radius 2 is 0.656 bits per heavy atom. The molecule has 0 spiro atoms. The van der Waals surface area contributed by atoms with E-state index in [1.807, 2.05) is 45.2 Å². The second-order valence-electron chi connectivity index (χ2n) is 14.5. The van der Waals surface area contributed by atoms with E-state index in [0.29, 0.717) is 0 Å². The van der Waals surface area contributed by atoms with E-state index in [4.69, 9.17) is 0 Å². The smallest absolute Gasteiger partial charge is 0.433 e. The molecular formula is C42H45F8I2O6S3+. The number of benzene rings is 5. The molecule has 0 aromatic heterocycles. The highest BCUT2D eigenvalue weighted by atomic mass is 127. The van der Waals surface area contributed by atoms with Gasteiger partial charge in [0, 0.05) is 0 Å². The molecule has 0 N–H and O–H groups in total. The van der Waals surface area contributed by atoms with E-state index in [-0.39, 0.29) is 21.7 Å². The van der Waals surface area contributed by atoms with Crippen LogP contribution in [0.1, 0.15) is 52.7 Å². The summed E-state index contributed by atoms with van der Waals surface area (Å²) in [4.78, 5) is 4.08. The molecule has 5 rings (SSSR count). The Labute approximate surface area is 382 Å². The van der Waals surface area contributed by atoms with Crippen LogP contribution in [0.3, 0.4) is 0 Å². The van der Waals surface area contributed by atoms with Gasteiger partial charge < -0.3 is 9.11 Å². The van der Waals surface area contributed by atoms with Crippen LogP contribution in [0.5, 0.6) is 0 Å². The van der Waals surface area contributed by atoms with Crippen molar-refractivity contribution in [3.8, 4) is 0 Å². The van der Waals surface area contributed by atoms with Crippen LogP contribution in [0.15, 0.2) is 154 Å². The minimum absolute atomic E-state index is 0.0146. The molecule has 0 aliphatic carbocycles. The molecule has 0 aliphatic heterocycles. The third kappa shape index (κ3) is 21.9. The van der Waals surface area contributed by atoms with E-state index in [2.05, 4.69) is 181 Å². The van der Waals surface area contributed by atoms with E-state index in [1.165, 1.54) is 33.0 Å². The molecule has 0 saturated heterocycles. The summed E-state index contributed by atoms with van der Waals surface area (Å²) in [6.07, 6.45) is -11.2. The van der Waals surface area contributed by atoms with Gasteiger partial charge in [-0.1, -0.05) is 120 Å². The zero-order chi connectivity index (χ0) is 47.0. The highest BCUT2D eigenvalue weighted by molar-refractivity contribution is 7.97. The highest BCUT2D eigenvalue weighted by Crippen LogP contribution is 2.31. The second kappa shape index (κ2) is 24.3.